The Morgan fingerprint density at radius 3 is 2.42 bits per heavy atom. The average molecular weight is 347 g/mol. The van der Waals surface area contributed by atoms with Gasteiger partial charge in [-0.2, -0.15) is 8.42 Å². The van der Waals surface area contributed by atoms with Crippen LogP contribution < -0.4 is 0 Å². The van der Waals surface area contributed by atoms with Gasteiger partial charge in [-0.1, -0.05) is 41.6 Å². The first-order chi connectivity index (χ1) is 9.08. The highest BCUT2D eigenvalue weighted by Gasteiger charge is 2.17. The summed E-state index contributed by atoms with van der Waals surface area (Å²) in [5.74, 6) is 0.777. The second-order valence-corrected chi connectivity index (χ2v) is 7.55. The lowest BCUT2D eigenvalue weighted by Crippen LogP contribution is -2.08. The van der Waals surface area contributed by atoms with Crippen LogP contribution in [0.15, 0.2) is 33.6 Å². The van der Waals surface area contributed by atoms with Gasteiger partial charge in [0.15, 0.2) is 0 Å². The van der Waals surface area contributed by atoms with Gasteiger partial charge in [0.05, 0.1) is 11.5 Å². The molecular formula is C14H19BrO3S. The van der Waals surface area contributed by atoms with E-state index in [1.165, 1.54) is 25.7 Å². The highest BCUT2D eigenvalue weighted by molar-refractivity contribution is 9.10. The van der Waals surface area contributed by atoms with Crippen LogP contribution in [0.2, 0.25) is 0 Å². The van der Waals surface area contributed by atoms with Gasteiger partial charge in [-0.05, 0) is 43.0 Å². The molecule has 0 aliphatic heterocycles. The summed E-state index contributed by atoms with van der Waals surface area (Å²) >= 11 is 3.28. The molecule has 1 fully saturated rings. The number of hydrogen-bond acceptors (Lipinski definition) is 3. The first-order valence-corrected chi connectivity index (χ1v) is 8.93. The monoisotopic (exact) mass is 346 g/mol. The molecule has 2 rings (SSSR count). The van der Waals surface area contributed by atoms with Crippen molar-refractivity contribution in [3.63, 3.8) is 0 Å². The summed E-state index contributed by atoms with van der Waals surface area (Å²) in [4.78, 5) is 0.219. The van der Waals surface area contributed by atoms with E-state index in [2.05, 4.69) is 15.9 Å². The van der Waals surface area contributed by atoms with Crippen molar-refractivity contribution in [3.05, 3.63) is 28.7 Å². The predicted molar refractivity (Wildman–Crippen MR) is 78.5 cm³/mol. The maximum absolute atomic E-state index is 11.9. The second-order valence-electron chi connectivity index (χ2n) is 5.02. The average Bonchev–Trinajstić information content (AvgIpc) is 2.88. The molecule has 1 aromatic rings. The minimum absolute atomic E-state index is 0.219. The zero-order chi connectivity index (χ0) is 13.7. The predicted octanol–water partition coefficient (Wildman–Crippen LogP) is 4.12. The Kier molecular flexibility index (Phi) is 5.42. The molecular weight excluding hydrogens is 328 g/mol. The Labute approximate surface area is 123 Å². The van der Waals surface area contributed by atoms with E-state index in [0.717, 1.165) is 23.2 Å². The van der Waals surface area contributed by atoms with Crippen LogP contribution in [0.1, 0.15) is 38.5 Å². The normalized spacial score (nSPS) is 16.9. The highest BCUT2D eigenvalue weighted by Crippen LogP contribution is 2.28. The van der Waals surface area contributed by atoms with Crippen molar-refractivity contribution < 1.29 is 12.6 Å². The van der Waals surface area contributed by atoms with Gasteiger partial charge in [0.1, 0.15) is 0 Å². The number of halogens is 1. The fraction of sp³-hybridized carbons (Fsp3) is 0.571. The molecule has 1 aliphatic rings. The molecule has 0 saturated heterocycles. The van der Waals surface area contributed by atoms with Gasteiger partial charge in [0.25, 0.3) is 10.1 Å². The van der Waals surface area contributed by atoms with Gasteiger partial charge >= 0.3 is 0 Å². The first-order valence-electron chi connectivity index (χ1n) is 6.73. The third kappa shape index (κ3) is 4.58. The van der Waals surface area contributed by atoms with Gasteiger partial charge in [-0.15, -0.1) is 0 Å². The van der Waals surface area contributed by atoms with Crippen LogP contribution in [0.25, 0.3) is 0 Å². The maximum atomic E-state index is 11.9. The van der Waals surface area contributed by atoms with E-state index >= 15 is 0 Å². The fourth-order valence-corrected chi connectivity index (χ4v) is 3.72. The van der Waals surface area contributed by atoms with Gasteiger partial charge in [0.2, 0.25) is 0 Å². The van der Waals surface area contributed by atoms with Gasteiger partial charge in [-0.3, -0.25) is 4.18 Å². The van der Waals surface area contributed by atoms with Crippen LogP contribution in [0, 0.1) is 5.92 Å². The zero-order valence-electron chi connectivity index (χ0n) is 10.8. The molecule has 1 aromatic carbocycles. The summed E-state index contributed by atoms with van der Waals surface area (Å²) in [7, 11) is -3.59. The van der Waals surface area contributed by atoms with Crippen molar-refractivity contribution in [2.24, 2.45) is 5.92 Å². The van der Waals surface area contributed by atoms with Crippen LogP contribution >= 0.6 is 15.9 Å². The molecule has 0 unspecified atom stereocenters. The third-order valence-electron chi connectivity index (χ3n) is 3.57. The van der Waals surface area contributed by atoms with Crippen LogP contribution in [0.4, 0.5) is 0 Å². The Hall–Kier alpha value is -0.390. The van der Waals surface area contributed by atoms with Gasteiger partial charge in [-0.25, -0.2) is 0 Å². The standard InChI is InChI=1S/C14H19BrO3S/c15-13-7-9-14(10-8-13)19(16,17)18-11-3-6-12-4-1-2-5-12/h7-10,12H,1-6,11H2. The van der Waals surface area contributed by atoms with E-state index in [4.69, 9.17) is 4.18 Å². The minimum Gasteiger partial charge on any atom is -0.266 e. The molecule has 0 amide bonds. The van der Waals surface area contributed by atoms with Crippen molar-refractivity contribution in [3.8, 4) is 0 Å². The summed E-state index contributed by atoms with van der Waals surface area (Å²) in [5.41, 5.74) is 0. The van der Waals surface area contributed by atoms with E-state index < -0.39 is 10.1 Å². The summed E-state index contributed by atoms with van der Waals surface area (Å²) in [6, 6.07) is 6.51. The van der Waals surface area contributed by atoms with Crippen molar-refractivity contribution >= 4 is 26.0 Å². The zero-order valence-corrected chi connectivity index (χ0v) is 13.2. The summed E-state index contributed by atoms with van der Waals surface area (Å²) in [6.07, 6.45) is 7.13. The van der Waals surface area contributed by atoms with Crippen LogP contribution in [0.5, 0.6) is 0 Å². The Balaban J connectivity index is 1.79. The molecule has 0 N–H and O–H groups in total. The van der Waals surface area contributed by atoms with E-state index in [1.807, 2.05) is 0 Å². The lowest BCUT2D eigenvalue weighted by molar-refractivity contribution is 0.295. The Morgan fingerprint density at radius 2 is 1.79 bits per heavy atom. The first kappa shape index (κ1) is 15.0. The van der Waals surface area contributed by atoms with Crippen LogP contribution in [-0.2, 0) is 14.3 Å². The molecule has 0 aromatic heterocycles. The number of benzene rings is 1. The van der Waals surface area contributed by atoms with E-state index in [9.17, 15) is 8.42 Å². The molecule has 106 valence electrons. The Bertz CT molecular complexity index is 490. The fourth-order valence-electron chi connectivity index (χ4n) is 2.51. The molecule has 1 aliphatic carbocycles. The molecule has 0 bridgehead atoms. The van der Waals surface area contributed by atoms with Crippen LogP contribution in [0.3, 0.4) is 0 Å². The summed E-state index contributed by atoms with van der Waals surface area (Å²) in [5, 5.41) is 0. The van der Waals surface area contributed by atoms with Crippen molar-refractivity contribution in [2.45, 2.75) is 43.4 Å². The van der Waals surface area contributed by atoms with E-state index in [1.54, 1.807) is 24.3 Å². The molecule has 3 nitrogen and oxygen atoms in total. The minimum atomic E-state index is -3.59. The van der Waals surface area contributed by atoms with Crippen molar-refractivity contribution in [1.29, 1.82) is 0 Å². The lowest BCUT2D eigenvalue weighted by Gasteiger charge is -2.09. The SMILES string of the molecule is O=S(=O)(OCCCC1CCCC1)c1ccc(Br)cc1. The summed E-state index contributed by atoms with van der Waals surface area (Å²) in [6.45, 7) is 0.287. The van der Waals surface area contributed by atoms with Gasteiger partial charge in [0, 0.05) is 4.47 Å². The topological polar surface area (TPSA) is 43.4 Å². The van der Waals surface area contributed by atoms with E-state index in [0.29, 0.717) is 0 Å². The van der Waals surface area contributed by atoms with Crippen molar-refractivity contribution in [2.75, 3.05) is 6.61 Å². The largest absolute Gasteiger partial charge is 0.296 e. The highest BCUT2D eigenvalue weighted by atomic mass is 79.9. The second kappa shape index (κ2) is 6.86. The maximum Gasteiger partial charge on any atom is 0.296 e. The number of hydrogen-bond donors (Lipinski definition) is 0. The smallest absolute Gasteiger partial charge is 0.266 e. The molecule has 19 heavy (non-hydrogen) atoms. The molecule has 0 heterocycles. The van der Waals surface area contributed by atoms with Crippen molar-refractivity contribution in [1.82, 2.24) is 0 Å². The molecule has 0 radical (unpaired) electrons. The van der Waals surface area contributed by atoms with E-state index in [-0.39, 0.29) is 11.5 Å². The lowest BCUT2D eigenvalue weighted by atomic mass is 10.0. The molecule has 0 atom stereocenters. The summed E-state index contributed by atoms with van der Waals surface area (Å²) < 4.78 is 29.7. The molecule has 0 spiro atoms. The van der Waals surface area contributed by atoms with Crippen LogP contribution in [-0.4, -0.2) is 15.0 Å². The quantitative estimate of drug-likeness (QED) is 0.574. The molecule has 5 heteroatoms. The molecule has 1 saturated carbocycles. The van der Waals surface area contributed by atoms with Gasteiger partial charge < -0.3 is 0 Å². The third-order valence-corrected chi connectivity index (χ3v) is 5.43. The Morgan fingerprint density at radius 1 is 1.16 bits per heavy atom. The number of rotatable bonds is 6.